The number of sulfonamides is 1. The maximum absolute atomic E-state index is 13.5. The Bertz CT molecular complexity index is 1640. The molecule has 0 saturated heterocycles. The molecule has 202 valence electrons. The average molecular weight is 586 g/mol. The summed E-state index contributed by atoms with van der Waals surface area (Å²) in [5, 5.41) is 4.95. The topological polar surface area (TPSA) is 93.0 Å². The number of aryl methyl sites for hydroxylation is 1. The van der Waals surface area contributed by atoms with E-state index in [9.17, 15) is 13.2 Å². The zero-order valence-corrected chi connectivity index (χ0v) is 23.8. The van der Waals surface area contributed by atoms with E-state index in [1.54, 1.807) is 48.5 Å². The Morgan fingerprint density at radius 3 is 2.46 bits per heavy atom. The highest BCUT2D eigenvalue weighted by molar-refractivity contribution is 7.92. The number of carbonyl (C=O) groups excluding carboxylic acids is 1. The second kappa shape index (κ2) is 11.9. The van der Waals surface area contributed by atoms with Gasteiger partial charge in [-0.1, -0.05) is 53.5 Å². The Kier molecular flexibility index (Phi) is 8.64. The van der Waals surface area contributed by atoms with Gasteiger partial charge in [0.25, 0.3) is 15.9 Å². The normalized spacial score (nSPS) is 11.5. The van der Waals surface area contributed by atoms with E-state index in [0.29, 0.717) is 15.8 Å². The SMILES string of the molecule is COc1cccc(N(CC(=O)N/N=C\c2cc(C)n(-c3cccc(Cl)c3Cl)c2C)S(=O)(=O)c2ccccc2)c1. The summed E-state index contributed by atoms with van der Waals surface area (Å²) in [4.78, 5) is 13.0. The van der Waals surface area contributed by atoms with Crippen LogP contribution in [0, 0.1) is 13.8 Å². The highest BCUT2D eigenvalue weighted by Gasteiger charge is 2.27. The van der Waals surface area contributed by atoms with Gasteiger partial charge >= 0.3 is 0 Å². The molecule has 0 fully saturated rings. The lowest BCUT2D eigenvalue weighted by atomic mass is 10.2. The molecule has 3 aromatic carbocycles. The van der Waals surface area contributed by atoms with Crippen molar-refractivity contribution in [1.29, 1.82) is 0 Å². The summed E-state index contributed by atoms with van der Waals surface area (Å²) in [6.07, 6.45) is 1.50. The monoisotopic (exact) mass is 584 g/mol. The third kappa shape index (κ3) is 6.11. The van der Waals surface area contributed by atoms with Crippen molar-refractivity contribution in [2.45, 2.75) is 18.7 Å². The van der Waals surface area contributed by atoms with Crippen molar-refractivity contribution in [3.8, 4) is 11.4 Å². The molecule has 1 N–H and O–H groups in total. The number of nitrogens with zero attached hydrogens (tertiary/aromatic N) is 3. The number of nitrogens with one attached hydrogen (secondary N) is 1. The zero-order valence-electron chi connectivity index (χ0n) is 21.4. The molecular weight excluding hydrogens is 559 g/mol. The van der Waals surface area contributed by atoms with Crippen molar-refractivity contribution in [3.63, 3.8) is 0 Å². The smallest absolute Gasteiger partial charge is 0.264 e. The van der Waals surface area contributed by atoms with E-state index in [0.717, 1.165) is 26.9 Å². The number of halogens is 2. The predicted octanol–water partition coefficient (Wildman–Crippen LogP) is 5.76. The van der Waals surface area contributed by atoms with Crippen LogP contribution in [-0.2, 0) is 14.8 Å². The molecule has 11 heteroatoms. The van der Waals surface area contributed by atoms with Crippen LogP contribution in [0.4, 0.5) is 5.69 Å². The van der Waals surface area contributed by atoms with Gasteiger partial charge in [0, 0.05) is 23.0 Å². The maximum Gasteiger partial charge on any atom is 0.264 e. The maximum atomic E-state index is 13.5. The van der Waals surface area contributed by atoms with Crippen LogP contribution < -0.4 is 14.5 Å². The van der Waals surface area contributed by atoms with E-state index in [1.807, 2.05) is 36.6 Å². The summed E-state index contributed by atoms with van der Waals surface area (Å²) in [6, 6.07) is 21.7. The largest absolute Gasteiger partial charge is 0.497 e. The Hall–Kier alpha value is -3.79. The van der Waals surface area contributed by atoms with E-state index in [1.165, 1.54) is 25.5 Å². The number of ether oxygens (including phenoxy) is 1. The van der Waals surface area contributed by atoms with Gasteiger partial charge < -0.3 is 9.30 Å². The fourth-order valence-electron chi connectivity index (χ4n) is 4.09. The van der Waals surface area contributed by atoms with E-state index in [-0.39, 0.29) is 10.6 Å². The minimum Gasteiger partial charge on any atom is -0.497 e. The van der Waals surface area contributed by atoms with Gasteiger partial charge in [0.2, 0.25) is 0 Å². The second-order valence-electron chi connectivity index (χ2n) is 8.55. The van der Waals surface area contributed by atoms with Crippen LogP contribution >= 0.6 is 23.2 Å². The molecule has 0 spiro atoms. The molecule has 0 atom stereocenters. The summed E-state index contributed by atoms with van der Waals surface area (Å²) in [6.45, 7) is 3.31. The molecule has 39 heavy (non-hydrogen) atoms. The highest BCUT2D eigenvalue weighted by Crippen LogP contribution is 2.31. The molecule has 0 bridgehead atoms. The summed E-state index contributed by atoms with van der Waals surface area (Å²) in [5.74, 6) is -0.172. The molecule has 1 heterocycles. The second-order valence-corrected chi connectivity index (χ2v) is 11.2. The molecule has 0 aliphatic carbocycles. The lowest BCUT2D eigenvalue weighted by Crippen LogP contribution is -2.39. The van der Waals surface area contributed by atoms with Crippen molar-refractivity contribution in [2.24, 2.45) is 5.10 Å². The van der Waals surface area contributed by atoms with Crippen molar-refractivity contribution in [3.05, 3.63) is 106 Å². The standard InChI is InChI=1S/C28H26Cl2N4O4S/c1-19-15-21(20(2)34(19)26-14-8-13-25(29)28(26)30)17-31-32-27(35)18-33(22-9-7-10-23(16-22)38-3)39(36,37)24-11-5-4-6-12-24/h4-17H,18H2,1-3H3,(H,32,35)/b31-17-. The summed E-state index contributed by atoms with van der Waals surface area (Å²) in [7, 11) is -2.58. The van der Waals surface area contributed by atoms with E-state index in [4.69, 9.17) is 27.9 Å². The molecule has 8 nitrogen and oxygen atoms in total. The first kappa shape index (κ1) is 28.2. The molecule has 0 aliphatic heterocycles. The molecule has 0 unspecified atom stereocenters. The van der Waals surface area contributed by atoms with E-state index in [2.05, 4.69) is 10.5 Å². The fourth-order valence-corrected chi connectivity index (χ4v) is 5.91. The first-order valence-electron chi connectivity index (χ1n) is 11.8. The number of anilines is 1. The minimum absolute atomic E-state index is 0.0521. The van der Waals surface area contributed by atoms with Crippen molar-refractivity contribution < 1.29 is 17.9 Å². The summed E-state index contributed by atoms with van der Waals surface area (Å²) in [5.41, 5.74) is 5.90. The zero-order chi connectivity index (χ0) is 28.2. The van der Waals surface area contributed by atoms with Gasteiger partial charge in [0.05, 0.1) is 39.6 Å². The number of amides is 1. The van der Waals surface area contributed by atoms with Crippen LogP contribution in [0.1, 0.15) is 17.0 Å². The fraction of sp³-hybridized carbons (Fsp3) is 0.143. The molecule has 0 aliphatic rings. The number of carbonyl (C=O) groups is 1. The van der Waals surface area contributed by atoms with Gasteiger partial charge in [-0.2, -0.15) is 5.10 Å². The van der Waals surface area contributed by atoms with Gasteiger partial charge in [-0.3, -0.25) is 9.10 Å². The minimum atomic E-state index is -4.06. The van der Waals surface area contributed by atoms with Crippen LogP contribution in [0.5, 0.6) is 5.75 Å². The number of aromatic nitrogens is 1. The number of methoxy groups -OCH3 is 1. The highest BCUT2D eigenvalue weighted by atomic mass is 35.5. The van der Waals surface area contributed by atoms with Crippen molar-refractivity contribution in [1.82, 2.24) is 9.99 Å². The Morgan fingerprint density at radius 2 is 1.74 bits per heavy atom. The van der Waals surface area contributed by atoms with Crippen LogP contribution in [0.15, 0.2) is 88.9 Å². The van der Waals surface area contributed by atoms with Gasteiger partial charge in [-0.05, 0) is 56.3 Å². The molecule has 4 aromatic rings. The third-order valence-electron chi connectivity index (χ3n) is 6.00. The van der Waals surface area contributed by atoms with E-state index >= 15 is 0 Å². The lowest BCUT2D eigenvalue weighted by molar-refractivity contribution is -0.119. The Balaban J connectivity index is 1.57. The first-order valence-corrected chi connectivity index (χ1v) is 14.0. The summed E-state index contributed by atoms with van der Waals surface area (Å²) >= 11 is 12.6. The number of hydrazone groups is 1. The number of hydrogen-bond acceptors (Lipinski definition) is 5. The lowest BCUT2D eigenvalue weighted by Gasteiger charge is -2.24. The molecular formula is C28H26Cl2N4O4S. The van der Waals surface area contributed by atoms with Crippen LogP contribution in [0.2, 0.25) is 10.0 Å². The van der Waals surface area contributed by atoms with Gasteiger partial charge in [-0.25, -0.2) is 13.8 Å². The molecule has 1 amide bonds. The predicted molar refractivity (Wildman–Crippen MR) is 155 cm³/mol. The Labute approximate surface area is 237 Å². The Morgan fingerprint density at radius 1 is 1.03 bits per heavy atom. The number of benzene rings is 3. The van der Waals surface area contributed by atoms with Crippen LogP contribution in [0.3, 0.4) is 0 Å². The first-order chi connectivity index (χ1) is 18.6. The molecule has 0 radical (unpaired) electrons. The van der Waals surface area contributed by atoms with Crippen molar-refractivity contribution >= 4 is 51.0 Å². The quantitative estimate of drug-likeness (QED) is 0.200. The van der Waals surface area contributed by atoms with Crippen LogP contribution in [0.25, 0.3) is 5.69 Å². The van der Waals surface area contributed by atoms with Gasteiger partial charge in [0.1, 0.15) is 12.3 Å². The molecule has 0 saturated carbocycles. The van der Waals surface area contributed by atoms with Gasteiger partial charge in [-0.15, -0.1) is 0 Å². The molecule has 4 rings (SSSR count). The van der Waals surface area contributed by atoms with Crippen molar-refractivity contribution in [2.75, 3.05) is 18.0 Å². The van der Waals surface area contributed by atoms with E-state index < -0.39 is 22.5 Å². The number of hydrogen-bond donors (Lipinski definition) is 1. The van der Waals surface area contributed by atoms with Gasteiger partial charge in [0.15, 0.2) is 0 Å². The third-order valence-corrected chi connectivity index (χ3v) is 8.59. The average Bonchev–Trinajstić information content (AvgIpc) is 3.21. The van der Waals surface area contributed by atoms with Crippen LogP contribution in [-0.4, -0.2) is 38.8 Å². The molecule has 1 aromatic heterocycles. The number of rotatable bonds is 9. The summed E-state index contributed by atoms with van der Waals surface area (Å²) < 4.78 is 35.2.